The predicted molar refractivity (Wildman–Crippen MR) is 72.5 cm³/mol. The van der Waals surface area contributed by atoms with E-state index in [4.69, 9.17) is 12.6 Å². The molecule has 0 unspecified atom stereocenters. The lowest BCUT2D eigenvalue weighted by atomic mass is 9.81. The van der Waals surface area contributed by atoms with E-state index in [1.165, 1.54) is 11.1 Å². The van der Waals surface area contributed by atoms with Crippen LogP contribution in [0.15, 0.2) is 24.3 Å². The lowest BCUT2D eigenvalue weighted by Crippen LogP contribution is -2.32. The molecule has 1 aliphatic heterocycles. The summed E-state index contributed by atoms with van der Waals surface area (Å²) >= 11 is 2.35. The van der Waals surface area contributed by atoms with E-state index in [1.807, 2.05) is 6.07 Å². The summed E-state index contributed by atoms with van der Waals surface area (Å²) in [7, 11) is 6.26. The molecule has 0 saturated carbocycles. The third kappa shape index (κ3) is 1.33. The van der Waals surface area contributed by atoms with Crippen LogP contribution in [0, 0.1) is 0 Å². The molecule has 16 heavy (non-hydrogen) atoms. The highest BCUT2D eigenvalue weighted by molar-refractivity contribution is 14.1. The van der Waals surface area contributed by atoms with Crippen molar-refractivity contribution in [3.63, 3.8) is 0 Å². The minimum atomic E-state index is -0.235. The summed E-state index contributed by atoms with van der Waals surface area (Å²) in [6, 6.07) is 8.68. The van der Waals surface area contributed by atoms with Gasteiger partial charge in [-0.1, -0.05) is 24.3 Å². The van der Waals surface area contributed by atoms with Crippen molar-refractivity contribution in [2.45, 2.75) is 37.5 Å². The van der Waals surface area contributed by atoms with Crippen LogP contribution in [0.3, 0.4) is 0 Å². The first-order valence-electron chi connectivity index (χ1n) is 5.50. The van der Waals surface area contributed by atoms with Crippen LogP contribution in [-0.2, 0) is 4.74 Å². The van der Waals surface area contributed by atoms with Crippen molar-refractivity contribution in [3.8, 4) is 0 Å². The number of hydrogen-bond donors (Lipinski definition) is 0. The molecule has 2 nitrogen and oxygen atoms in total. The number of hydrogen-bond acceptors (Lipinski definition) is 2. The lowest BCUT2D eigenvalue weighted by Gasteiger charge is -2.28. The summed E-state index contributed by atoms with van der Waals surface area (Å²) in [5.41, 5.74) is 2.32. The molecule has 1 aliphatic carbocycles. The second-order valence-electron chi connectivity index (χ2n) is 4.94. The predicted octanol–water partition coefficient (Wildman–Crippen LogP) is 2.74. The summed E-state index contributed by atoms with van der Waals surface area (Å²) in [4.78, 5) is 0. The average molecular weight is 325 g/mol. The van der Waals surface area contributed by atoms with Gasteiger partial charge < -0.3 is 4.74 Å². The van der Waals surface area contributed by atoms with Gasteiger partial charge in [0.25, 0.3) is 0 Å². The number of benzene rings is 1. The summed E-state index contributed by atoms with van der Waals surface area (Å²) in [5.74, 6) is 0.000223. The highest BCUT2D eigenvalue weighted by Crippen LogP contribution is 2.53. The monoisotopic (exact) mass is 325 g/mol. The van der Waals surface area contributed by atoms with Crippen molar-refractivity contribution in [2.24, 2.45) is 0 Å². The molecule has 1 saturated heterocycles. The molecule has 1 aromatic carbocycles. The SMILES string of the molecule is [B][C@@H]1c2ccccc2[C@H]2[C@@H]1OC(C)(C)N2I. The second kappa shape index (κ2) is 3.46. The van der Waals surface area contributed by atoms with Crippen LogP contribution >= 0.6 is 22.9 Å². The van der Waals surface area contributed by atoms with Crippen molar-refractivity contribution in [1.29, 1.82) is 0 Å². The summed E-state index contributed by atoms with van der Waals surface area (Å²) in [5, 5.41) is 0. The van der Waals surface area contributed by atoms with Gasteiger partial charge in [-0.15, -0.1) is 0 Å². The molecule has 0 amide bonds. The fourth-order valence-corrected chi connectivity index (χ4v) is 3.47. The third-order valence-electron chi connectivity index (χ3n) is 3.52. The Balaban J connectivity index is 2.10. The summed E-state index contributed by atoms with van der Waals surface area (Å²) in [6.45, 7) is 4.18. The molecule has 0 N–H and O–H groups in total. The maximum Gasteiger partial charge on any atom is 0.125 e. The zero-order valence-electron chi connectivity index (χ0n) is 9.35. The van der Waals surface area contributed by atoms with Gasteiger partial charge in [0.15, 0.2) is 0 Å². The Bertz CT molecular complexity index is 437. The zero-order valence-corrected chi connectivity index (χ0v) is 11.5. The molecule has 1 heterocycles. The van der Waals surface area contributed by atoms with Crippen molar-refractivity contribution < 1.29 is 4.74 Å². The molecule has 0 aromatic heterocycles. The van der Waals surface area contributed by atoms with E-state index in [2.05, 4.69) is 58.0 Å². The summed E-state index contributed by atoms with van der Waals surface area (Å²) < 4.78 is 8.32. The molecule has 3 rings (SSSR count). The Labute approximate surface area is 111 Å². The van der Waals surface area contributed by atoms with E-state index in [0.717, 1.165) is 0 Å². The molecular formula is C12H13BINO. The number of halogens is 1. The van der Waals surface area contributed by atoms with Crippen LogP contribution in [0.25, 0.3) is 0 Å². The maximum atomic E-state index is 6.26. The van der Waals surface area contributed by atoms with E-state index in [1.54, 1.807) is 0 Å². The highest BCUT2D eigenvalue weighted by atomic mass is 127. The fourth-order valence-electron chi connectivity index (χ4n) is 2.74. The van der Waals surface area contributed by atoms with Crippen LogP contribution in [0.5, 0.6) is 0 Å². The molecule has 2 aliphatic rings. The molecular weight excluding hydrogens is 312 g/mol. The Morgan fingerprint density at radius 2 is 1.94 bits per heavy atom. The lowest BCUT2D eigenvalue weighted by molar-refractivity contribution is -0.0432. The van der Waals surface area contributed by atoms with Gasteiger partial charge in [0.1, 0.15) is 5.72 Å². The Morgan fingerprint density at radius 3 is 2.62 bits per heavy atom. The van der Waals surface area contributed by atoms with Crippen molar-refractivity contribution in [1.82, 2.24) is 3.11 Å². The third-order valence-corrected chi connectivity index (χ3v) is 5.28. The minimum Gasteiger partial charge on any atom is -0.355 e. The van der Waals surface area contributed by atoms with E-state index < -0.39 is 0 Å². The van der Waals surface area contributed by atoms with Gasteiger partial charge in [0.2, 0.25) is 0 Å². The van der Waals surface area contributed by atoms with E-state index in [9.17, 15) is 0 Å². The normalized spacial score (nSPS) is 36.1. The van der Waals surface area contributed by atoms with Gasteiger partial charge in [-0.2, -0.15) is 0 Å². The molecule has 1 fully saturated rings. The fraction of sp³-hybridized carbons (Fsp3) is 0.500. The first-order valence-corrected chi connectivity index (χ1v) is 6.46. The number of ether oxygens (including phenoxy) is 1. The van der Waals surface area contributed by atoms with Crippen LogP contribution in [0.4, 0.5) is 0 Å². The largest absolute Gasteiger partial charge is 0.355 e. The Kier molecular flexibility index (Phi) is 2.39. The molecule has 82 valence electrons. The van der Waals surface area contributed by atoms with Crippen LogP contribution in [-0.4, -0.2) is 22.8 Å². The molecule has 3 atom stereocenters. The van der Waals surface area contributed by atoms with Gasteiger partial charge in [0.05, 0.1) is 20.0 Å². The van der Waals surface area contributed by atoms with Crippen molar-refractivity contribution in [2.75, 3.05) is 0 Å². The van der Waals surface area contributed by atoms with Crippen LogP contribution < -0.4 is 0 Å². The molecule has 4 heteroatoms. The number of fused-ring (bicyclic) bond motifs is 3. The first-order chi connectivity index (χ1) is 7.52. The van der Waals surface area contributed by atoms with E-state index in [-0.39, 0.29) is 17.6 Å². The molecule has 1 aromatic rings. The maximum absolute atomic E-state index is 6.26. The van der Waals surface area contributed by atoms with Crippen molar-refractivity contribution in [3.05, 3.63) is 35.4 Å². The molecule has 0 spiro atoms. The van der Waals surface area contributed by atoms with Gasteiger partial charge in [-0.3, -0.25) is 0 Å². The van der Waals surface area contributed by atoms with E-state index in [0.29, 0.717) is 6.04 Å². The van der Waals surface area contributed by atoms with Gasteiger partial charge in [-0.05, 0) is 30.8 Å². The Hall–Kier alpha value is -0.0651. The number of rotatable bonds is 0. The van der Waals surface area contributed by atoms with Crippen molar-refractivity contribution >= 4 is 30.7 Å². The second-order valence-corrected chi connectivity index (χ2v) is 5.98. The van der Waals surface area contributed by atoms with Gasteiger partial charge in [0, 0.05) is 22.9 Å². The van der Waals surface area contributed by atoms with Gasteiger partial charge in [-0.25, -0.2) is 3.11 Å². The minimum absolute atomic E-state index is 0.000223. The summed E-state index contributed by atoms with van der Waals surface area (Å²) in [6.07, 6.45) is 0.0873. The highest BCUT2D eigenvalue weighted by Gasteiger charge is 2.53. The smallest absolute Gasteiger partial charge is 0.125 e. The molecule has 2 radical (unpaired) electrons. The Morgan fingerprint density at radius 1 is 1.31 bits per heavy atom. The topological polar surface area (TPSA) is 12.5 Å². The standard InChI is InChI=1S/C12H13BINO/c1-12(2)15(14)10-8-6-4-3-5-7(8)9(13)11(10)16-12/h3-6,9-11H,1-2H3/t9-,10+,11-/m1/s1. The van der Waals surface area contributed by atoms with Gasteiger partial charge >= 0.3 is 0 Å². The quantitative estimate of drug-likeness (QED) is 0.413. The van der Waals surface area contributed by atoms with Crippen LogP contribution in [0.2, 0.25) is 0 Å². The zero-order chi connectivity index (χ0) is 11.5. The molecule has 0 bridgehead atoms. The average Bonchev–Trinajstić information content (AvgIpc) is 2.64. The number of nitrogens with zero attached hydrogens (tertiary/aromatic N) is 1. The van der Waals surface area contributed by atoms with E-state index >= 15 is 0 Å². The van der Waals surface area contributed by atoms with Crippen LogP contribution in [0.1, 0.15) is 36.8 Å². The first kappa shape index (κ1) is 11.0.